The van der Waals surface area contributed by atoms with Crippen LogP contribution >= 0.6 is 0 Å². The molecular weight excluding hydrogens is 245 g/mol. The number of nitrogens with zero attached hydrogens (tertiary/aromatic N) is 1. The highest BCUT2D eigenvalue weighted by Gasteiger charge is 2.18. The molecule has 0 saturated heterocycles. The van der Waals surface area contributed by atoms with Crippen molar-refractivity contribution in [3.8, 4) is 11.5 Å². The minimum atomic E-state index is -0.339. The van der Waals surface area contributed by atoms with Crippen LogP contribution in [-0.2, 0) is 6.54 Å². The quantitative estimate of drug-likeness (QED) is 0.900. The molecule has 3 rings (SSSR count). The van der Waals surface area contributed by atoms with Gasteiger partial charge in [0.2, 0.25) is 0 Å². The molecule has 3 nitrogen and oxygen atoms in total. The second-order valence-corrected chi connectivity index (χ2v) is 4.51. The molecule has 0 spiro atoms. The standard InChI is InChI=1S/C15H14FNO2/c16-12-5-6-14(18)11(9-12)10-17-7-8-19-15-4-2-1-3-13(15)17/h1-6,9,18H,7-8,10H2. The molecule has 1 aliphatic rings. The van der Waals surface area contributed by atoms with Gasteiger partial charge in [-0.2, -0.15) is 0 Å². The van der Waals surface area contributed by atoms with E-state index in [4.69, 9.17) is 4.74 Å². The van der Waals surface area contributed by atoms with E-state index in [-0.39, 0.29) is 11.6 Å². The van der Waals surface area contributed by atoms with Gasteiger partial charge in [0.1, 0.15) is 23.9 Å². The van der Waals surface area contributed by atoms with Gasteiger partial charge in [0.05, 0.1) is 12.2 Å². The molecule has 0 amide bonds. The minimum Gasteiger partial charge on any atom is -0.508 e. The molecule has 1 N–H and O–H groups in total. The normalized spacial score (nSPS) is 13.8. The predicted molar refractivity (Wildman–Crippen MR) is 71.1 cm³/mol. The lowest BCUT2D eigenvalue weighted by molar-refractivity contribution is 0.306. The van der Waals surface area contributed by atoms with E-state index < -0.39 is 0 Å². The number of rotatable bonds is 2. The molecule has 2 aromatic rings. The number of phenols is 1. The van der Waals surface area contributed by atoms with Gasteiger partial charge in [-0.15, -0.1) is 0 Å². The first kappa shape index (κ1) is 11.8. The third kappa shape index (κ3) is 2.34. The Hall–Kier alpha value is -2.23. The summed E-state index contributed by atoms with van der Waals surface area (Å²) in [6.07, 6.45) is 0. The van der Waals surface area contributed by atoms with Crippen LogP contribution in [0.3, 0.4) is 0 Å². The number of hydrogen-bond donors (Lipinski definition) is 1. The third-order valence-corrected chi connectivity index (χ3v) is 3.23. The molecule has 98 valence electrons. The molecule has 1 aliphatic heterocycles. The van der Waals surface area contributed by atoms with Crippen molar-refractivity contribution in [3.63, 3.8) is 0 Å². The van der Waals surface area contributed by atoms with Crippen molar-refractivity contribution in [2.24, 2.45) is 0 Å². The Labute approximate surface area is 110 Å². The van der Waals surface area contributed by atoms with Gasteiger partial charge in [0.15, 0.2) is 0 Å². The maximum absolute atomic E-state index is 13.2. The van der Waals surface area contributed by atoms with Crippen LogP contribution < -0.4 is 9.64 Å². The topological polar surface area (TPSA) is 32.7 Å². The number of fused-ring (bicyclic) bond motifs is 1. The monoisotopic (exact) mass is 259 g/mol. The number of halogens is 1. The molecule has 1 heterocycles. The van der Waals surface area contributed by atoms with E-state index in [2.05, 4.69) is 4.90 Å². The van der Waals surface area contributed by atoms with E-state index in [1.165, 1.54) is 18.2 Å². The predicted octanol–water partition coefficient (Wildman–Crippen LogP) is 2.93. The molecule has 0 aliphatic carbocycles. The van der Waals surface area contributed by atoms with E-state index in [9.17, 15) is 9.50 Å². The van der Waals surface area contributed by atoms with Crippen LogP contribution in [0.25, 0.3) is 0 Å². The second kappa shape index (κ2) is 4.80. The van der Waals surface area contributed by atoms with E-state index in [0.717, 1.165) is 11.4 Å². The van der Waals surface area contributed by atoms with E-state index in [1.54, 1.807) is 0 Å². The van der Waals surface area contributed by atoms with Crippen LogP contribution in [-0.4, -0.2) is 18.3 Å². The Balaban J connectivity index is 1.90. The molecule has 0 aromatic heterocycles. The van der Waals surface area contributed by atoms with E-state index in [0.29, 0.717) is 25.3 Å². The molecule has 19 heavy (non-hydrogen) atoms. The highest BCUT2D eigenvalue weighted by Crippen LogP contribution is 2.33. The summed E-state index contributed by atoms with van der Waals surface area (Å²) >= 11 is 0. The summed E-state index contributed by atoms with van der Waals surface area (Å²) in [7, 11) is 0. The Morgan fingerprint density at radius 2 is 2.05 bits per heavy atom. The van der Waals surface area contributed by atoms with Crippen molar-refractivity contribution >= 4 is 5.69 Å². The second-order valence-electron chi connectivity index (χ2n) is 4.51. The molecule has 0 unspecified atom stereocenters. The van der Waals surface area contributed by atoms with Gasteiger partial charge in [-0.1, -0.05) is 12.1 Å². The number of benzene rings is 2. The highest BCUT2D eigenvalue weighted by molar-refractivity contribution is 5.60. The number of hydrogen-bond acceptors (Lipinski definition) is 3. The Bertz CT molecular complexity index is 600. The van der Waals surface area contributed by atoms with Crippen LogP contribution in [0.1, 0.15) is 5.56 Å². The van der Waals surface area contributed by atoms with Gasteiger partial charge < -0.3 is 14.7 Å². The smallest absolute Gasteiger partial charge is 0.142 e. The van der Waals surface area contributed by atoms with Crippen molar-refractivity contribution in [3.05, 3.63) is 53.8 Å². The Kier molecular flexibility index (Phi) is 2.99. The average Bonchev–Trinajstić information content (AvgIpc) is 2.43. The van der Waals surface area contributed by atoms with Crippen molar-refractivity contribution in [2.75, 3.05) is 18.1 Å². The molecule has 0 fully saturated rings. The van der Waals surface area contributed by atoms with Crippen molar-refractivity contribution in [2.45, 2.75) is 6.54 Å². The molecule has 0 radical (unpaired) electrons. The van der Waals surface area contributed by atoms with Crippen LogP contribution in [0, 0.1) is 5.82 Å². The SMILES string of the molecule is Oc1ccc(F)cc1CN1CCOc2ccccc21. The lowest BCUT2D eigenvalue weighted by Crippen LogP contribution is -2.32. The Morgan fingerprint density at radius 1 is 1.21 bits per heavy atom. The summed E-state index contributed by atoms with van der Waals surface area (Å²) in [6, 6.07) is 11.7. The van der Waals surface area contributed by atoms with Crippen LogP contribution in [0.2, 0.25) is 0 Å². The zero-order valence-corrected chi connectivity index (χ0v) is 10.3. The third-order valence-electron chi connectivity index (χ3n) is 3.23. The summed E-state index contributed by atoms with van der Waals surface area (Å²) in [5, 5.41) is 9.79. The number of anilines is 1. The van der Waals surface area contributed by atoms with Crippen molar-refractivity contribution < 1.29 is 14.2 Å². The molecule has 0 atom stereocenters. The van der Waals surface area contributed by atoms with Crippen LogP contribution in [0.15, 0.2) is 42.5 Å². The fraction of sp³-hybridized carbons (Fsp3) is 0.200. The highest BCUT2D eigenvalue weighted by atomic mass is 19.1. The summed E-state index contributed by atoms with van der Waals surface area (Å²) in [4.78, 5) is 2.08. The number of ether oxygens (including phenoxy) is 1. The maximum Gasteiger partial charge on any atom is 0.142 e. The van der Waals surface area contributed by atoms with Crippen molar-refractivity contribution in [1.82, 2.24) is 0 Å². The average molecular weight is 259 g/mol. The minimum absolute atomic E-state index is 0.116. The lowest BCUT2D eigenvalue weighted by atomic mass is 10.1. The summed E-state index contributed by atoms with van der Waals surface area (Å²) in [5.74, 6) is 0.601. The first-order valence-corrected chi connectivity index (χ1v) is 6.18. The van der Waals surface area contributed by atoms with E-state index in [1.807, 2.05) is 24.3 Å². The number of para-hydroxylation sites is 2. The molecule has 0 bridgehead atoms. The zero-order valence-electron chi connectivity index (χ0n) is 10.3. The van der Waals surface area contributed by atoms with Crippen molar-refractivity contribution in [1.29, 1.82) is 0 Å². The van der Waals surface area contributed by atoms with Crippen LogP contribution in [0.5, 0.6) is 11.5 Å². The zero-order chi connectivity index (χ0) is 13.2. The van der Waals surface area contributed by atoms with Gasteiger partial charge in [0, 0.05) is 12.1 Å². The molecule has 0 saturated carbocycles. The van der Waals surface area contributed by atoms with Gasteiger partial charge in [-0.05, 0) is 30.3 Å². The fourth-order valence-corrected chi connectivity index (χ4v) is 2.28. The molecule has 4 heteroatoms. The number of aromatic hydroxyl groups is 1. The maximum atomic E-state index is 13.2. The summed E-state index contributed by atoms with van der Waals surface area (Å²) < 4.78 is 18.8. The van der Waals surface area contributed by atoms with Gasteiger partial charge in [0.25, 0.3) is 0 Å². The first-order chi connectivity index (χ1) is 9.24. The summed E-state index contributed by atoms with van der Waals surface area (Å²) in [5.41, 5.74) is 1.55. The molecular formula is C15H14FNO2. The first-order valence-electron chi connectivity index (χ1n) is 6.18. The Morgan fingerprint density at radius 3 is 2.95 bits per heavy atom. The lowest BCUT2D eigenvalue weighted by Gasteiger charge is -2.31. The summed E-state index contributed by atoms with van der Waals surface area (Å²) in [6.45, 7) is 1.77. The van der Waals surface area contributed by atoms with Gasteiger partial charge in [-0.25, -0.2) is 4.39 Å². The van der Waals surface area contributed by atoms with Gasteiger partial charge >= 0.3 is 0 Å². The number of phenolic OH excluding ortho intramolecular Hbond substituents is 1. The largest absolute Gasteiger partial charge is 0.508 e. The fourth-order valence-electron chi connectivity index (χ4n) is 2.28. The molecule has 2 aromatic carbocycles. The van der Waals surface area contributed by atoms with Gasteiger partial charge in [-0.3, -0.25) is 0 Å². The van der Waals surface area contributed by atoms with Crippen LogP contribution in [0.4, 0.5) is 10.1 Å². The van der Waals surface area contributed by atoms with E-state index >= 15 is 0 Å².